The van der Waals surface area contributed by atoms with Gasteiger partial charge in [0.2, 0.25) is 0 Å². The Kier molecular flexibility index (Phi) is 3.06. The minimum Gasteiger partial charge on any atom is -0.396 e. The van der Waals surface area contributed by atoms with Crippen molar-refractivity contribution in [2.75, 3.05) is 5.73 Å². The molecule has 6 nitrogen and oxygen atoms in total. The van der Waals surface area contributed by atoms with E-state index in [0.717, 1.165) is 6.07 Å². The molecule has 1 aromatic rings. The molecule has 1 rings (SSSR count). The molecule has 0 fully saturated rings. The lowest BCUT2D eigenvalue weighted by Gasteiger charge is -2.07. The normalized spacial score (nSPS) is 11.4. The van der Waals surface area contributed by atoms with Gasteiger partial charge in [-0.15, -0.1) is 0 Å². The van der Waals surface area contributed by atoms with Gasteiger partial charge in [-0.05, 0) is 6.07 Å². The van der Waals surface area contributed by atoms with Crippen molar-refractivity contribution in [1.82, 2.24) is 4.98 Å². The van der Waals surface area contributed by atoms with Gasteiger partial charge in [-0.1, -0.05) is 0 Å². The van der Waals surface area contributed by atoms with Crippen LogP contribution in [0, 0.1) is 11.3 Å². The summed E-state index contributed by atoms with van der Waals surface area (Å²) in [4.78, 5) is 3.10. The summed E-state index contributed by atoms with van der Waals surface area (Å²) in [6.07, 6.45) is -3.09. The highest BCUT2D eigenvalue weighted by Gasteiger charge is 2.22. The van der Waals surface area contributed by atoms with Crippen molar-refractivity contribution in [1.29, 1.82) is 5.26 Å². The Morgan fingerprint density at radius 2 is 2.06 bits per heavy atom. The summed E-state index contributed by atoms with van der Waals surface area (Å²) in [6, 6.07) is 2.24. The van der Waals surface area contributed by atoms with E-state index in [1.54, 1.807) is 0 Å². The summed E-state index contributed by atoms with van der Waals surface area (Å²) in [5.74, 6) is 0. The number of sulfonamides is 1. The van der Waals surface area contributed by atoms with Crippen LogP contribution in [0.5, 0.6) is 0 Å². The third-order valence-corrected chi connectivity index (χ3v) is 2.51. The molecule has 0 aliphatic carbocycles. The number of nitrogen functional groups attached to an aromatic ring is 1. The fourth-order valence-corrected chi connectivity index (χ4v) is 1.62. The molecule has 0 unspecified atom stereocenters. The highest BCUT2D eigenvalue weighted by atomic mass is 32.2. The van der Waals surface area contributed by atoms with Crippen LogP contribution in [-0.4, -0.2) is 13.4 Å². The Hall–Kier alpha value is -1.79. The molecule has 0 aromatic carbocycles. The maximum atomic E-state index is 12.4. The van der Waals surface area contributed by atoms with Gasteiger partial charge in [0.15, 0.2) is 5.03 Å². The summed E-state index contributed by atoms with van der Waals surface area (Å²) in [5, 5.41) is 12.4. The predicted molar refractivity (Wildman–Crippen MR) is 49.7 cm³/mol. The number of pyridine rings is 1. The predicted octanol–water partition coefficient (Wildman–Crippen LogP) is 0.120. The number of hydrogen-bond donors (Lipinski definition) is 2. The van der Waals surface area contributed by atoms with Crippen LogP contribution < -0.4 is 10.9 Å². The zero-order chi connectivity index (χ0) is 12.5. The fourth-order valence-electron chi connectivity index (χ4n) is 1.01. The second kappa shape index (κ2) is 3.99. The lowest BCUT2D eigenvalue weighted by Crippen LogP contribution is -2.17. The fraction of sp³-hybridized carbons (Fsp3) is 0.143. The number of hydrogen-bond acceptors (Lipinski definition) is 5. The molecule has 86 valence electrons. The van der Waals surface area contributed by atoms with Gasteiger partial charge < -0.3 is 5.73 Å². The van der Waals surface area contributed by atoms with Crippen LogP contribution in [-0.2, 0) is 10.0 Å². The van der Waals surface area contributed by atoms with Gasteiger partial charge in [0.05, 0.1) is 11.3 Å². The van der Waals surface area contributed by atoms with Gasteiger partial charge in [0.1, 0.15) is 11.8 Å². The van der Waals surface area contributed by atoms with Gasteiger partial charge in [0, 0.05) is 0 Å². The smallest absolute Gasteiger partial charge is 0.281 e. The van der Waals surface area contributed by atoms with E-state index in [-0.39, 0.29) is 0 Å². The Morgan fingerprint density at radius 3 is 2.44 bits per heavy atom. The van der Waals surface area contributed by atoms with Crippen LogP contribution in [0.15, 0.2) is 11.1 Å². The van der Waals surface area contributed by atoms with Gasteiger partial charge in [-0.3, -0.25) is 0 Å². The van der Waals surface area contributed by atoms with E-state index in [4.69, 9.17) is 16.1 Å². The van der Waals surface area contributed by atoms with Crippen LogP contribution >= 0.6 is 0 Å². The van der Waals surface area contributed by atoms with Crippen molar-refractivity contribution in [2.24, 2.45) is 5.14 Å². The van der Waals surface area contributed by atoms with Crippen LogP contribution in [0.3, 0.4) is 0 Å². The second-order valence-electron chi connectivity index (χ2n) is 2.77. The maximum Gasteiger partial charge on any atom is 0.281 e. The largest absolute Gasteiger partial charge is 0.396 e. The molecule has 0 aliphatic rings. The monoisotopic (exact) mass is 248 g/mol. The summed E-state index contributed by atoms with van der Waals surface area (Å²) < 4.78 is 46.7. The highest BCUT2D eigenvalue weighted by Crippen LogP contribution is 2.25. The number of rotatable bonds is 2. The topological polar surface area (TPSA) is 123 Å². The van der Waals surface area contributed by atoms with Gasteiger partial charge in [-0.2, -0.15) is 5.26 Å². The van der Waals surface area contributed by atoms with E-state index in [1.807, 2.05) is 0 Å². The SMILES string of the molecule is N#Cc1cc(N)c(S(N)(=O)=O)nc1C(F)F. The van der Waals surface area contributed by atoms with Crippen molar-refractivity contribution in [3.63, 3.8) is 0 Å². The van der Waals surface area contributed by atoms with Crippen LogP contribution in [0.1, 0.15) is 17.7 Å². The quantitative estimate of drug-likeness (QED) is 0.769. The zero-order valence-electron chi connectivity index (χ0n) is 7.68. The molecule has 1 heterocycles. The molecular weight excluding hydrogens is 242 g/mol. The van der Waals surface area contributed by atoms with Gasteiger partial charge in [-0.25, -0.2) is 27.3 Å². The average molecular weight is 248 g/mol. The van der Waals surface area contributed by atoms with E-state index in [9.17, 15) is 17.2 Å². The number of nitrogens with two attached hydrogens (primary N) is 2. The standard InChI is InChI=1S/C7H6F2N4O2S/c8-6(9)5-3(2-10)1-4(11)7(13-5)16(12,14)15/h1,6H,11H2,(H2,12,14,15). The molecule has 0 spiro atoms. The van der Waals surface area contributed by atoms with Crippen LogP contribution in [0.4, 0.5) is 14.5 Å². The summed E-state index contributed by atoms with van der Waals surface area (Å²) in [5.41, 5.74) is 3.35. The molecule has 9 heteroatoms. The summed E-state index contributed by atoms with van der Waals surface area (Å²) in [7, 11) is -4.29. The highest BCUT2D eigenvalue weighted by molar-refractivity contribution is 7.89. The number of halogens is 2. The Labute approximate surface area is 89.5 Å². The molecule has 0 radical (unpaired) electrons. The van der Waals surface area contributed by atoms with Crippen LogP contribution in [0.25, 0.3) is 0 Å². The van der Waals surface area contributed by atoms with Crippen molar-refractivity contribution >= 4 is 15.7 Å². The van der Waals surface area contributed by atoms with Gasteiger partial charge in [0.25, 0.3) is 16.4 Å². The minimum atomic E-state index is -4.29. The molecule has 4 N–H and O–H groups in total. The molecule has 0 saturated heterocycles. The number of nitrogens with zero attached hydrogens (tertiary/aromatic N) is 2. The number of aromatic nitrogens is 1. The van der Waals surface area contributed by atoms with E-state index in [1.165, 1.54) is 6.07 Å². The molecule has 16 heavy (non-hydrogen) atoms. The molecular formula is C7H6F2N4O2S. The van der Waals surface area contributed by atoms with Crippen molar-refractivity contribution in [3.05, 3.63) is 17.3 Å². The number of alkyl halides is 2. The Morgan fingerprint density at radius 1 is 1.50 bits per heavy atom. The molecule has 0 atom stereocenters. The van der Waals surface area contributed by atoms with E-state index < -0.39 is 38.4 Å². The zero-order valence-corrected chi connectivity index (χ0v) is 8.50. The molecule has 0 aliphatic heterocycles. The first-order chi connectivity index (χ1) is 7.27. The first-order valence-electron chi connectivity index (χ1n) is 3.79. The van der Waals surface area contributed by atoms with E-state index in [0.29, 0.717) is 0 Å². The Bertz CT molecular complexity index is 564. The molecule has 0 bridgehead atoms. The third-order valence-electron chi connectivity index (χ3n) is 1.64. The summed E-state index contributed by atoms with van der Waals surface area (Å²) in [6.45, 7) is 0. The number of nitriles is 1. The van der Waals surface area contributed by atoms with Crippen molar-refractivity contribution < 1.29 is 17.2 Å². The average Bonchev–Trinajstić information content (AvgIpc) is 2.14. The second-order valence-corrected chi connectivity index (χ2v) is 4.25. The molecule has 1 aromatic heterocycles. The van der Waals surface area contributed by atoms with E-state index in [2.05, 4.69) is 4.98 Å². The number of primary sulfonamides is 1. The third kappa shape index (κ3) is 2.23. The molecule has 0 amide bonds. The van der Waals surface area contributed by atoms with Gasteiger partial charge >= 0.3 is 0 Å². The van der Waals surface area contributed by atoms with E-state index >= 15 is 0 Å². The maximum absolute atomic E-state index is 12.4. The van der Waals surface area contributed by atoms with Crippen LogP contribution in [0.2, 0.25) is 0 Å². The lowest BCUT2D eigenvalue weighted by atomic mass is 10.2. The first kappa shape index (κ1) is 12.3. The lowest BCUT2D eigenvalue weighted by molar-refractivity contribution is 0.145. The van der Waals surface area contributed by atoms with Crippen molar-refractivity contribution in [3.8, 4) is 6.07 Å². The molecule has 0 saturated carbocycles. The first-order valence-corrected chi connectivity index (χ1v) is 5.33. The summed E-state index contributed by atoms with van der Waals surface area (Å²) >= 11 is 0. The number of anilines is 1. The minimum absolute atomic E-state index is 0.441. The Balaban J connectivity index is 3.60. The van der Waals surface area contributed by atoms with Crippen molar-refractivity contribution in [2.45, 2.75) is 11.5 Å².